The van der Waals surface area contributed by atoms with Crippen LogP contribution in [0.4, 0.5) is 0 Å². The van der Waals surface area contributed by atoms with Crippen molar-refractivity contribution in [2.45, 2.75) is 30.4 Å². The molecule has 0 aromatic heterocycles. The van der Waals surface area contributed by atoms with Crippen molar-refractivity contribution >= 4 is 27.6 Å². The van der Waals surface area contributed by atoms with E-state index in [1.54, 1.807) is 39.0 Å². The lowest BCUT2D eigenvalue weighted by Gasteiger charge is -2.18. The van der Waals surface area contributed by atoms with E-state index in [4.69, 9.17) is 5.11 Å². The average molecular weight is 302 g/mol. The van der Waals surface area contributed by atoms with Crippen molar-refractivity contribution in [3.05, 3.63) is 29.8 Å². The summed E-state index contributed by atoms with van der Waals surface area (Å²) < 4.78 is 23.1. The van der Waals surface area contributed by atoms with Crippen molar-refractivity contribution in [1.29, 1.82) is 0 Å². The largest absolute Gasteiger partial charge is 0.478 e. The zero-order valence-corrected chi connectivity index (χ0v) is 12.8. The number of carboxylic acids is 1. The molecule has 0 aliphatic heterocycles. The van der Waals surface area contributed by atoms with Gasteiger partial charge in [-0.05, 0) is 39.0 Å². The second-order valence-electron chi connectivity index (χ2n) is 5.11. The van der Waals surface area contributed by atoms with Crippen molar-refractivity contribution in [2.24, 2.45) is 0 Å². The molecule has 19 heavy (non-hydrogen) atoms. The Balaban J connectivity index is 2.64. The molecule has 1 aromatic carbocycles. The van der Waals surface area contributed by atoms with Crippen LogP contribution < -0.4 is 0 Å². The van der Waals surface area contributed by atoms with Gasteiger partial charge < -0.3 is 5.11 Å². The topological polar surface area (TPSA) is 71.4 Å². The van der Waals surface area contributed by atoms with Crippen LogP contribution in [-0.2, 0) is 9.84 Å². The highest BCUT2D eigenvalue weighted by molar-refractivity contribution is 8.01. The van der Waals surface area contributed by atoms with Gasteiger partial charge in [-0.1, -0.05) is 6.07 Å². The van der Waals surface area contributed by atoms with Crippen LogP contribution in [0.25, 0.3) is 0 Å². The lowest BCUT2D eigenvalue weighted by molar-refractivity contribution is 0.0696. The van der Waals surface area contributed by atoms with Crippen molar-refractivity contribution in [3.8, 4) is 0 Å². The highest BCUT2D eigenvalue weighted by Gasteiger charge is 2.28. The van der Waals surface area contributed by atoms with Crippen molar-refractivity contribution < 1.29 is 18.3 Å². The molecule has 0 aliphatic rings. The van der Waals surface area contributed by atoms with Gasteiger partial charge in [0.05, 0.1) is 16.1 Å². The first kappa shape index (κ1) is 16.0. The van der Waals surface area contributed by atoms with Crippen LogP contribution in [0.5, 0.6) is 0 Å². The maximum absolute atomic E-state index is 11.9. The number of hydrogen-bond acceptors (Lipinski definition) is 4. The number of sulfone groups is 1. The van der Waals surface area contributed by atoms with Gasteiger partial charge in [0.25, 0.3) is 0 Å². The van der Waals surface area contributed by atoms with Crippen molar-refractivity contribution in [3.63, 3.8) is 0 Å². The monoisotopic (exact) mass is 302 g/mol. The van der Waals surface area contributed by atoms with Crippen LogP contribution in [0.2, 0.25) is 0 Å². The van der Waals surface area contributed by atoms with Crippen molar-refractivity contribution in [2.75, 3.05) is 11.5 Å². The van der Waals surface area contributed by atoms with Crippen LogP contribution in [0, 0.1) is 0 Å². The predicted molar refractivity (Wildman–Crippen MR) is 77.7 cm³/mol. The molecule has 106 valence electrons. The highest BCUT2D eigenvalue weighted by atomic mass is 32.2. The van der Waals surface area contributed by atoms with Gasteiger partial charge in [-0.25, -0.2) is 13.2 Å². The van der Waals surface area contributed by atoms with Gasteiger partial charge in [-0.3, -0.25) is 0 Å². The van der Waals surface area contributed by atoms with E-state index in [-0.39, 0.29) is 11.3 Å². The van der Waals surface area contributed by atoms with E-state index in [2.05, 4.69) is 0 Å². The minimum atomic E-state index is -3.13. The molecule has 0 saturated carbocycles. The summed E-state index contributed by atoms with van der Waals surface area (Å²) in [7, 11) is -3.13. The van der Waals surface area contributed by atoms with E-state index in [1.807, 2.05) is 0 Å². The molecule has 1 aromatic rings. The van der Waals surface area contributed by atoms with Crippen LogP contribution in [-0.4, -0.2) is 35.7 Å². The van der Waals surface area contributed by atoms with E-state index in [9.17, 15) is 13.2 Å². The van der Waals surface area contributed by atoms with Crippen LogP contribution in [0.3, 0.4) is 0 Å². The molecular weight excluding hydrogens is 284 g/mol. The normalized spacial score (nSPS) is 12.4. The number of rotatable bonds is 5. The molecule has 0 unspecified atom stereocenters. The van der Waals surface area contributed by atoms with Crippen LogP contribution in [0.15, 0.2) is 29.2 Å². The molecule has 0 heterocycles. The Bertz CT molecular complexity index is 556. The Morgan fingerprint density at radius 1 is 1.32 bits per heavy atom. The summed E-state index contributed by atoms with van der Waals surface area (Å²) in [5, 5.41) is 8.87. The Morgan fingerprint density at radius 2 is 1.95 bits per heavy atom. The van der Waals surface area contributed by atoms with Gasteiger partial charge in [0.15, 0.2) is 9.84 Å². The van der Waals surface area contributed by atoms with Gasteiger partial charge in [0, 0.05) is 10.6 Å². The Morgan fingerprint density at radius 3 is 2.47 bits per heavy atom. The molecule has 0 spiro atoms. The van der Waals surface area contributed by atoms with Gasteiger partial charge in [0.2, 0.25) is 0 Å². The van der Waals surface area contributed by atoms with Gasteiger partial charge in [-0.15, -0.1) is 11.8 Å². The molecule has 0 saturated heterocycles. The zero-order valence-electron chi connectivity index (χ0n) is 11.2. The zero-order chi connectivity index (χ0) is 14.7. The quantitative estimate of drug-likeness (QED) is 0.847. The number of benzene rings is 1. The lowest BCUT2D eigenvalue weighted by atomic mass is 10.2. The number of thioether (sulfide) groups is 1. The minimum Gasteiger partial charge on any atom is -0.478 e. The Hall–Kier alpha value is -1.01. The van der Waals surface area contributed by atoms with E-state index in [0.717, 1.165) is 4.90 Å². The molecule has 6 heteroatoms. The van der Waals surface area contributed by atoms with E-state index in [1.165, 1.54) is 17.8 Å². The smallest absolute Gasteiger partial charge is 0.335 e. The summed E-state index contributed by atoms with van der Waals surface area (Å²) in [6.07, 6.45) is 0. The minimum absolute atomic E-state index is 0.0818. The van der Waals surface area contributed by atoms with Crippen molar-refractivity contribution in [1.82, 2.24) is 0 Å². The van der Waals surface area contributed by atoms with E-state index in [0.29, 0.717) is 5.75 Å². The molecule has 1 N–H and O–H groups in total. The Labute approximate surface area is 118 Å². The first-order chi connectivity index (χ1) is 8.63. The number of carboxylic acid groups (broad SMARTS) is 1. The molecular formula is C13H18O4S2. The number of carbonyl (C=O) groups is 1. The third-order valence-electron chi connectivity index (χ3n) is 2.63. The highest BCUT2D eigenvalue weighted by Crippen LogP contribution is 2.22. The summed E-state index contributed by atoms with van der Waals surface area (Å²) in [5.41, 5.74) is 0.212. The van der Waals surface area contributed by atoms with E-state index < -0.39 is 20.6 Å². The molecule has 0 amide bonds. The molecule has 0 radical (unpaired) electrons. The molecule has 0 bridgehead atoms. The summed E-state index contributed by atoms with van der Waals surface area (Å²) in [6.45, 7) is 5.04. The van der Waals surface area contributed by atoms with E-state index >= 15 is 0 Å². The molecule has 1 rings (SSSR count). The second-order valence-corrected chi connectivity index (χ2v) is 9.14. The van der Waals surface area contributed by atoms with Crippen LogP contribution >= 0.6 is 11.8 Å². The number of hydrogen-bond donors (Lipinski definition) is 1. The molecule has 0 atom stereocenters. The van der Waals surface area contributed by atoms with Crippen LogP contribution in [0.1, 0.15) is 31.1 Å². The number of aromatic carboxylic acids is 1. The average Bonchev–Trinajstić information content (AvgIpc) is 2.27. The summed E-state index contributed by atoms with van der Waals surface area (Å²) >= 11 is 1.35. The fourth-order valence-electron chi connectivity index (χ4n) is 1.29. The lowest BCUT2D eigenvalue weighted by Crippen LogP contribution is -2.31. The van der Waals surface area contributed by atoms with Gasteiger partial charge in [-0.2, -0.15) is 0 Å². The first-order valence-corrected chi connectivity index (χ1v) is 8.46. The molecule has 4 nitrogen and oxygen atoms in total. The maximum Gasteiger partial charge on any atom is 0.335 e. The van der Waals surface area contributed by atoms with Gasteiger partial charge >= 0.3 is 5.97 Å². The summed E-state index contributed by atoms with van der Waals surface area (Å²) in [5.74, 6) is -0.481. The summed E-state index contributed by atoms with van der Waals surface area (Å²) in [6, 6.07) is 6.50. The fourth-order valence-corrected chi connectivity index (χ4v) is 3.74. The first-order valence-electron chi connectivity index (χ1n) is 5.82. The Kier molecular flexibility index (Phi) is 5.04. The van der Waals surface area contributed by atoms with Gasteiger partial charge in [0.1, 0.15) is 0 Å². The SMILES string of the molecule is CC(C)(C)S(=O)(=O)CCSc1cccc(C(=O)O)c1. The maximum atomic E-state index is 11.9. The third kappa shape index (κ3) is 4.54. The second kappa shape index (κ2) is 5.96. The summed E-state index contributed by atoms with van der Waals surface area (Å²) in [4.78, 5) is 11.6. The third-order valence-corrected chi connectivity index (χ3v) is 6.50. The predicted octanol–water partition coefficient (Wildman–Crippen LogP) is 2.69. The molecule has 0 aliphatic carbocycles. The molecule has 0 fully saturated rings. The standard InChI is InChI=1S/C13H18O4S2/c1-13(2,3)19(16,17)8-7-18-11-6-4-5-10(9-11)12(14)15/h4-6,9H,7-8H2,1-3H3,(H,14,15). The fraction of sp³-hybridized carbons (Fsp3) is 0.462.